The average Bonchev–Trinajstić information content (AvgIpc) is 3.15. The first-order chi connectivity index (χ1) is 14.6. The molecule has 0 spiro atoms. The van der Waals surface area contributed by atoms with Crippen LogP contribution >= 0.6 is 11.6 Å². The normalized spacial score (nSPS) is 14.1. The number of rotatable bonds is 5. The van der Waals surface area contributed by atoms with Gasteiger partial charge in [-0.25, -0.2) is 4.98 Å². The molecule has 2 amide bonds. The number of ether oxygens (including phenoxy) is 1. The first kappa shape index (κ1) is 20.4. The molecule has 0 radical (unpaired) electrons. The molecule has 0 aliphatic carbocycles. The lowest BCUT2D eigenvalue weighted by molar-refractivity contribution is 0.0303. The van der Waals surface area contributed by atoms with Crippen molar-refractivity contribution >= 4 is 29.1 Å². The number of hydrogen-bond donors (Lipinski definition) is 1. The van der Waals surface area contributed by atoms with E-state index in [9.17, 15) is 9.59 Å². The predicted molar refractivity (Wildman–Crippen MR) is 114 cm³/mol. The van der Waals surface area contributed by atoms with Gasteiger partial charge in [0, 0.05) is 42.5 Å². The Kier molecular flexibility index (Phi) is 6.01. The van der Waals surface area contributed by atoms with Crippen LogP contribution in [0.1, 0.15) is 39.0 Å². The maximum absolute atomic E-state index is 12.9. The molecule has 0 saturated carbocycles. The van der Waals surface area contributed by atoms with Gasteiger partial charge in [0.1, 0.15) is 11.3 Å². The summed E-state index contributed by atoms with van der Waals surface area (Å²) >= 11 is 6.04. The summed E-state index contributed by atoms with van der Waals surface area (Å²) in [5, 5.41) is 3.53. The second-order valence-electron chi connectivity index (χ2n) is 7.12. The largest absolute Gasteiger partial charge is 0.378 e. The Morgan fingerprint density at radius 3 is 2.60 bits per heavy atom. The number of nitrogens with zero attached hydrogens (tertiary/aromatic N) is 3. The number of fused-ring (bicyclic) bond motifs is 1. The van der Waals surface area contributed by atoms with Crippen molar-refractivity contribution in [3.63, 3.8) is 0 Å². The van der Waals surface area contributed by atoms with Gasteiger partial charge in [-0.15, -0.1) is 0 Å². The van der Waals surface area contributed by atoms with Gasteiger partial charge in [-0.1, -0.05) is 30.7 Å². The number of nitrogens with one attached hydrogen (secondary N) is 1. The van der Waals surface area contributed by atoms with Crippen LogP contribution in [0.2, 0.25) is 5.02 Å². The Hall–Kier alpha value is -2.90. The molecule has 7 nitrogen and oxygen atoms in total. The van der Waals surface area contributed by atoms with Crippen molar-refractivity contribution in [2.24, 2.45) is 0 Å². The quantitative estimate of drug-likeness (QED) is 0.680. The van der Waals surface area contributed by atoms with E-state index in [-0.39, 0.29) is 11.8 Å². The fraction of sp³-hybridized carbons (Fsp3) is 0.318. The van der Waals surface area contributed by atoms with Gasteiger partial charge in [-0.3, -0.25) is 14.0 Å². The number of aromatic nitrogens is 2. The monoisotopic (exact) mass is 426 g/mol. The second-order valence-corrected chi connectivity index (χ2v) is 7.55. The van der Waals surface area contributed by atoms with Gasteiger partial charge >= 0.3 is 0 Å². The van der Waals surface area contributed by atoms with Crippen LogP contribution in [-0.2, 0) is 17.7 Å². The van der Waals surface area contributed by atoms with Crippen LogP contribution in [0.15, 0.2) is 42.6 Å². The first-order valence-electron chi connectivity index (χ1n) is 9.97. The molecule has 0 atom stereocenters. The highest BCUT2D eigenvalue weighted by atomic mass is 35.5. The number of carbonyl (C=O) groups excluding carboxylic acids is 2. The van der Waals surface area contributed by atoms with Crippen LogP contribution in [0.3, 0.4) is 0 Å². The minimum absolute atomic E-state index is 0.00543. The van der Waals surface area contributed by atoms with Gasteiger partial charge in [0.2, 0.25) is 0 Å². The minimum Gasteiger partial charge on any atom is -0.378 e. The number of aryl methyl sites for hydroxylation is 1. The summed E-state index contributed by atoms with van der Waals surface area (Å²) in [5.74, 6) is -0.194. The van der Waals surface area contributed by atoms with Gasteiger partial charge < -0.3 is 15.0 Å². The molecule has 1 saturated heterocycles. The van der Waals surface area contributed by atoms with Crippen LogP contribution < -0.4 is 5.32 Å². The van der Waals surface area contributed by atoms with Crippen molar-refractivity contribution in [1.82, 2.24) is 19.6 Å². The summed E-state index contributed by atoms with van der Waals surface area (Å²) in [4.78, 5) is 31.7. The standard InChI is InChI=1S/C22H23ClN4O3/c1-2-18-20(27-8-7-17(23)13-19(27)25-18)21(28)24-14-15-3-5-16(6-4-15)22(29)26-9-11-30-12-10-26/h3-8,13H,2,9-12,14H2,1H3,(H,24,28). The fourth-order valence-electron chi connectivity index (χ4n) is 3.54. The van der Waals surface area contributed by atoms with Crippen LogP contribution in [0.5, 0.6) is 0 Å². The number of morpholine rings is 1. The van der Waals surface area contributed by atoms with Crippen LogP contribution in [0.4, 0.5) is 0 Å². The van der Waals surface area contributed by atoms with Crippen molar-refractivity contribution < 1.29 is 14.3 Å². The Labute approximate surface area is 179 Å². The smallest absolute Gasteiger partial charge is 0.270 e. The molecule has 30 heavy (non-hydrogen) atoms. The highest BCUT2D eigenvalue weighted by Gasteiger charge is 2.20. The molecule has 1 fully saturated rings. The highest BCUT2D eigenvalue weighted by molar-refractivity contribution is 6.30. The van der Waals surface area contributed by atoms with E-state index in [0.717, 1.165) is 11.3 Å². The Morgan fingerprint density at radius 1 is 1.17 bits per heavy atom. The average molecular weight is 427 g/mol. The van der Waals surface area contributed by atoms with E-state index in [1.165, 1.54) is 0 Å². The summed E-state index contributed by atoms with van der Waals surface area (Å²) in [7, 11) is 0. The number of amides is 2. The van der Waals surface area contributed by atoms with E-state index in [4.69, 9.17) is 16.3 Å². The van der Waals surface area contributed by atoms with Crippen LogP contribution in [0, 0.1) is 0 Å². The first-order valence-corrected chi connectivity index (χ1v) is 10.3. The van der Waals surface area contributed by atoms with Crippen molar-refractivity contribution in [3.8, 4) is 0 Å². The van der Waals surface area contributed by atoms with Gasteiger partial charge in [-0.2, -0.15) is 0 Å². The number of carbonyl (C=O) groups is 2. The molecular formula is C22H23ClN4O3. The third-order valence-corrected chi connectivity index (χ3v) is 5.40. The van der Waals surface area contributed by atoms with E-state index in [0.29, 0.717) is 61.2 Å². The molecule has 0 unspecified atom stereocenters. The fourth-order valence-corrected chi connectivity index (χ4v) is 3.69. The topological polar surface area (TPSA) is 75.9 Å². The van der Waals surface area contributed by atoms with Gasteiger partial charge in [0.15, 0.2) is 0 Å². The lowest BCUT2D eigenvalue weighted by atomic mass is 10.1. The van der Waals surface area contributed by atoms with Crippen molar-refractivity contribution in [2.75, 3.05) is 26.3 Å². The number of imidazole rings is 1. The molecule has 1 N–H and O–H groups in total. The zero-order valence-electron chi connectivity index (χ0n) is 16.7. The zero-order valence-corrected chi connectivity index (χ0v) is 17.5. The Morgan fingerprint density at radius 2 is 1.90 bits per heavy atom. The summed E-state index contributed by atoms with van der Waals surface area (Å²) in [6.45, 7) is 4.69. The molecule has 8 heteroatoms. The molecule has 1 aromatic carbocycles. The van der Waals surface area contributed by atoms with Crippen molar-refractivity contribution in [3.05, 3.63) is 70.1 Å². The molecule has 0 bridgehead atoms. The number of hydrogen-bond acceptors (Lipinski definition) is 4. The van der Waals surface area contributed by atoms with E-state index >= 15 is 0 Å². The zero-order chi connectivity index (χ0) is 21.1. The summed E-state index contributed by atoms with van der Waals surface area (Å²) in [6.07, 6.45) is 2.39. The number of halogens is 1. The van der Waals surface area contributed by atoms with Gasteiger partial charge in [0.05, 0.1) is 18.9 Å². The van der Waals surface area contributed by atoms with E-state index < -0.39 is 0 Å². The molecule has 4 rings (SSSR count). The lowest BCUT2D eigenvalue weighted by Gasteiger charge is -2.26. The Balaban J connectivity index is 1.44. The predicted octanol–water partition coefficient (Wildman–Crippen LogP) is 2.95. The number of pyridine rings is 1. The van der Waals surface area contributed by atoms with E-state index in [1.54, 1.807) is 39.8 Å². The van der Waals surface area contributed by atoms with E-state index in [1.807, 2.05) is 19.1 Å². The maximum Gasteiger partial charge on any atom is 0.270 e. The summed E-state index contributed by atoms with van der Waals surface area (Å²) < 4.78 is 7.05. The molecule has 156 valence electrons. The molecule has 2 aromatic heterocycles. The third-order valence-electron chi connectivity index (χ3n) is 5.16. The molecule has 3 heterocycles. The van der Waals surface area contributed by atoms with Crippen molar-refractivity contribution in [2.45, 2.75) is 19.9 Å². The van der Waals surface area contributed by atoms with Gasteiger partial charge in [0.25, 0.3) is 11.8 Å². The maximum atomic E-state index is 12.9. The Bertz CT molecular complexity index is 1070. The van der Waals surface area contributed by atoms with Crippen LogP contribution in [-0.4, -0.2) is 52.4 Å². The molecule has 1 aliphatic rings. The minimum atomic E-state index is -0.199. The molecule has 3 aromatic rings. The summed E-state index contributed by atoms with van der Waals surface area (Å²) in [6, 6.07) is 10.8. The second kappa shape index (κ2) is 8.85. The molecular weight excluding hydrogens is 404 g/mol. The SMILES string of the molecule is CCc1nc2cc(Cl)ccn2c1C(=O)NCc1ccc(C(=O)N2CCOCC2)cc1. The lowest BCUT2D eigenvalue weighted by Crippen LogP contribution is -2.40. The number of benzene rings is 1. The van der Waals surface area contributed by atoms with Gasteiger partial charge in [-0.05, 0) is 30.2 Å². The van der Waals surface area contributed by atoms with Crippen LogP contribution in [0.25, 0.3) is 5.65 Å². The van der Waals surface area contributed by atoms with Crippen molar-refractivity contribution in [1.29, 1.82) is 0 Å². The van der Waals surface area contributed by atoms with E-state index in [2.05, 4.69) is 10.3 Å². The third kappa shape index (κ3) is 4.17. The molecule has 1 aliphatic heterocycles. The highest BCUT2D eigenvalue weighted by Crippen LogP contribution is 2.18. The summed E-state index contributed by atoms with van der Waals surface area (Å²) in [5.41, 5.74) is 3.44.